The average molecular weight is 374 g/mol. The summed E-state index contributed by atoms with van der Waals surface area (Å²) in [5.41, 5.74) is 5.34. The fourth-order valence-corrected chi connectivity index (χ4v) is 3.41. The van der Waals surface area contributed by atoms with Crippen molar-refractivity contribution in [1.29, 1.82) is 0 Å². The highest BCUT2D eigenvalue weighted by atomic mass is 16.1. The minimum absolute atomic E-state index is 0.238. The number of carbonyl (C=O) groups excluding carboxylic acids is 1. The van der Waals surface area contributed by atoms with E-state index < -0.39 is 0 Å². The van der Waals surface area contributed by atoms with Crippen molar-refractivity contribution in [2.24, 2.45) is 0 Å². The summed E-state index contributed by atoms with van der Waals surface area (Å²) in [6.07, 6.45) is 4.42. The van der Waals surface area contributed by atoms with Crippen LogP contribution in [0.2, 0.25) is 0 Å². The van der Waals surface area contributed by atoms with Crippen LogP contribution in [0, 0.1) is 13.8 Å². The van der Waals surface area contributed by atoms with Gasteiger partial charge in [-0.2, -0.15) is 0 Å². The van der Waals surface area contributed by atoms with Gasteiger partial charge in [0.25, 0.3) is 5.91 Å². The maximum atomic E-state index is 12.6. The summed E-state index contributed by atoms with van der Waals surface area (Å²) in [5.74, 6) is 0.590. The van der Waals surface area contributed by atoms with Gasteiger partial charge in [-0.05, 0) is 48.7 Å². The molecule has 3 aromatic rings. The van der Waals surface area contributed by atoms with E-state index in [1.54, 1.807) is 6.20 Å². The second kappa shape index (κ2) is 7.72. The Morgan fingerprint density at radius 3 is 2.75 bits per heavy atom. The lowest BCUT2D eigenvalue weighted by molar-refractivity contribution is 0.0943. The topological polar surface area (TPSA) is 83.9 Å². The quantitative estimate of drug-likeness (QED) is 0.755. The number of pyridine rings is 2. The van der Waals surface area contributed by atoms with Crippen LogP contribution in [0.3, 0.4) is 0 Å². The highest BCUT2D eigenvalue weighted by Gasteiger charge is 2.23. The zero-order valence-electron chi connectivity index (χ0n) is 16.0. The normalized spacial score (nSPS) is 13.1. The molecule has 0 fully saturated rings. The van der Waals surface area contributed by atoms with Crippen LogP contribution in [0.5, 0.6) is 0 Å². The number of rotatable bonds is 4. The number of anilines is 1. The Morgan fingerprint density at radius 1 is 1.07 bits per heavy atom. The molecule has 7 heteroatoms. The van der Waals surface area contributed by atoms with Crippen molar-refractivity contribution in [3.8, 4) is 0 Å². The van der Waals surface area contributed by atoms with Crippen LogP contribution in [0.1, 0.15) is 38.6 Å². The van der Waals surface area contributed by atoms with Crippen LogP contribution >= 0.6 is 0 Å². The molecule has 7 nitrogen and oxygen atoms in total. The zero-order chi connectivity index (χ0) is 19.5. The number of carbonyl (C=O) groups is 1. The Morgan fingerprint density at radius 2 is 1.93 bits per heavy atom. The van der Waals surface area contributed by atoms with Crippen molar-refractivity contribution in [2.75, 3.05) is 11.4 Å². The molecular weight excluding hydrogens is 352 g/mol. The second-order valence-electron chi connectivity index (χ2n) is 6.91. The van der Waals surface area contributed by atoms with Gasteiger partial charge in [-0.25, -0.2) is 0 Å². The molecule has 0 atom stereocenters. The van der Waals surface area contributed by atoms with Gasteiger partial charge in [-0.3, -0.25) is 14.8 Å². The van der Waals surface area contributed by atoms with E-state index in [1.807, 2.05) is 44.3 Å². The van der Waals surface area contributed by atoms with Crippen LogP contribution in [0.15, 0.2) is 42.7 Å². The third-order valence-corrected chi connectivity index (χ3v) is 5.13. The fourth-order valence-electron chi connectivity index (χ4n) is 3.41. The molecule has 0 saturated heterocycles. The maximum Gasteiger partial charge on any atom is 0.272 e. The summed E-state index contributed by atoms with van der Waals surface area (Å²) in [4.78, 5) is 23.4. The number of hydrogen-bond acceptors (Lipinski definition) is 6. The van der Waals surface area contributed by atoms with Gasteiger partial charge in [0.1, 0.15) is 0 Å². The lowest BCUT2D eigenvalue weighted by Crippen LogP contribution is -2.33. The predicted octanol–water partition coefficient (Wildman–Crippen LogP) is 2.38. The van der Waals surface area contributed by atoms with E-state index in [-0.39, 0.29) is 5.91 Å². The molecule has 0 saturated carbocycles. The monoisotopic (exact) mass is 374 g/mol. The number of nitrogens with one attached hydrogen (secondary N) is 1. The molecule has 1 N–H and O–H groups in total. The Kier molecular flexibility index (Phi) is 4.97. The van der Waals surface area contributed by atoms with Crippen molar-refractivity contribution >= 4 is 11.7 Å². The van der Waals surface area contributed by atoms with Gasteiger partial charge in [0.15, 0.2) is 11.5 Å². The van der Waals surface area contributed by atoms with Crippen molar-refractivity contribution in [3.05, 3.63) is 76.5 Å². The van der Waals surface area contributed by atoms with Gasteiger partial charge < -0.3 is 10.2 Å². The molecular formula is C21H22N6O. The largest absolute Gasteiger partial charge is 0.350 e. The highest BCUT2D eigenvalue weighted by molar-refractivity contribution is 5.94. The molecule has 1 aliphatic heterocycles. The molecule has 0 aliphatic carbocycles. The van der Waals surface area contributed by atoms with Crippen molar-refractivity contribution in [2.45, 2.75) is 33.4 Å². The summed E-state index contributed by atoms with van der Waals surface area (Å²) in [6.45, 7) is 5.86. The lowest BCUT2D eigenvalue weighted by atomic mass is 10.0. The van der Waals surface area contributed by atoms with Crippen molar-refractivity contribution in [1.82, 2.24) is 25.5 Å². The van der Waals surface area contributed by atoms with Crippen LogP contribution < -0.4 is 10.2 Å². The Hall–Kier alpha value is -3.35. The minimum Gasteiger partial charge on any atom is -0.350 e. The number of fused-ring (bicyclic) bond motifs is 1. The predicted molar refractivity (Wildman–Crippen MR) is 106 cm³/mol. The van der Waals surface area contributed by atoms with Gasteiger partial charge in [0, 0.05) is 37.6 Å². The fraction of sp³-hybridized carbons (Fsp3) is 0.286. The molecule has 1 amide bonds. The van der Waals surface area contributed by atoms with E-state index in [1.165, 1.54) is 5.56 Å². The van der Waals surface area contributed by atoms with Crippen molar-refractivity contribution in [3.63, 3.8) is 0 Å². The smallest absolute Gasteiger partial charge is 0.272 e. The Balaban J connectivity index is 1.51. The molecule has 0 unspecified atom stereocenters. The van der Waals surface area contributed by atoms with Crippen LogP contribution in [0.4, 0.5) is 5.82 Å². The summed E-state index contributed by atoms with van der Waals surface area (Å²) >= 11 is 0. The first kappa shape index (κ1) is 18.0. The first-order chi connectivity index (χ1) is 13.6. The number of nitrogens with zero attached hydrogens (tertiary/aromatic N) is 5. The molecule has 28 heavy (non-hydrogen) atoms. The van der Waals surface area contributed by atoms with Gasteiger partial charge in [0.2, 0.25) is 0 Å². The first-order valence-corrected chi connectivity index (χ1v) is 9.33. The molecule has 0 spiro atoms. The second-order valence-corrected chi connectivity index (χ2v) is 6.91. The molecule has 0 bridgehead atoms. The molecule has 0 aromatic carbocycles. The Labute approximate surface area is 163 Å². The summed E-state index contributed by atoms with van der Waals surface area (Å²) in [7, 11) is 0. The van der Waals surface area contributed by atoms with Gasteiger partial charge in [0.05, 0.1) is 12.2 Å². The van der Waals surface area contributed by atoms with E-state index in [2.05, 4.69) is 36.4 Å². The maximum absolute atomic E-state index is 12.6. The standard InChI is InChI=1S/C21H22N6O/c1-14-15(2)20(27-11-8-18-16(13-27)6-5-10-23-18)26-25-19(14)21(28)24-12-17-7-3-4-9-22-17/h3-7,9-10H,8,11-13H2,1-2H3,(H,24,28). The van der Waals surface area contributed by atoms with E-state index in [0.717, 1.165) is 47.8 Å². The van der Waals surface area contributed by atoms with Crippen LogP contribution in [-0.4, -0.2) is 32.6 Å². The molecule has 3 aromatic heterocycles. The first-order valence-electron chi connectivity index (χ1n) is 9.33. The number of amides is 1. The average Bonchev–Trinajstić information content (AvgIpc) is 2.74. The number of aromatic nitrogens is 4. The summed E-state index contributed by atoms with van der Waals surface area (Å²) in [6, 6.07) is 9.67. The molecule has 4 heterocycles. The van der Waals surface area contributed by atoms with E-state index in [9.17, 15) is 4.79 Å². The summed E-state index contributed by atoms with van der Waals surface area (Å²) in [5, 5.41) is 11.5. The van der Waals surface area contributed by atoms with E-state index in [4.69, 9.17) is 0 Å². The van der Waals surface area contributed by atoms with Gasteiger partial charge in [-0.15, -0.1) is 10.2 Å². The van der Waals surface area contributed by atoms with Gasteiger partial charge >= 0.3 is 0 Å². The number of hydrogen-bond donors (Lipinski definition) is 1. The molecule has 0 radical (unpaired) electrons. The molecule has 1 aliphatic rings. The zero-order valence-corrected chi connectivity index (χ0v) is 16.0. The van der Waals surface area contributed by atoms with E-state index >= 15 is 0 Å². The third-order valence-electron chi connectivity index (χ3n) is 5.13. The van der Waals surface area contributed by atoms with Gasteiger partial charge in [-0.1, -0.05) is 12.1 Å². The van der Waals surface area contributed by atoms with E-state index in [0.29, 0.717) is 12.2 Å². The molecule has 4 rings (SSSR count). The van der Waals surface area contributed by atoms with Crippen LogP contribution in [-0.2, 0) is 19.5 Å². The van der Waals surface area contributed by atoms with Crippen molar-refractivity contribution < 1.29 is 4.79 Å². The summed E-state index contributed by atoms with van der Waals surface area (Å²) < 4.78 is 0. The van der Waals surface area contributed by atoms with Crippen LogP contribution in [0.25, 0.3) is 0 Å². The lowest BCUT2D eigenvalue weighted by Gasteiger charge is -2.30. The third kappa shape index (κ3) is 3.55. The molecule has 142 valence electrons. The highest BCUT2D eigenvalue weighted by Crippen LogP contribution is 2.26. The minimum atomic E-state index is -0.238. The SMILES string of the molecule is Cc1c(C(=O)NCc2ccccn2)nnc(N2CCc3ncccc3C2)c1C. The Bertz CT molecular complexity index is 1010.